The van der Waals surface area contributed by atoms with E-state index in [1.807, 2.05) is 43.3 Å². The van der Waals surface area contributed by atoms with E-state index in [2.05, 4.69) is 5.43 Å². The number of hydrogen-bond donors (Lipinski definition) is 2. The Bertz CT molecular complexity index is 582. The van der Waals surface area contributed by atoms with Gasteiger partial charge in [0, 0.05) is 11.1 Å². The van der Waals surface area contributed by atoms with E-state index in [1.165, 1.54) is 0 Å². The Morgan fingerprint density at radius 2 is 2.00 bits per heavy atom. The molecule has 0 fully saturated rings. The fourth-order valence-corrected chi connectivity index (χ4v) is 1.81. The van der Waals surface area contributed by atoms with Crippen LogP contribution in [0.5, 0.6) is 5.75 Å². The van der Waals surface area contributed by atoms with Gasteiger partial charge in [0.05, 0.1) is 0 Å². The van der Waals surface area contributed by atoms with Crippen LogP contribution in [0.1, 0.15) is 21.5 Å². The van der Waals surface area contributed by atoms with E-state index in [9.17, 15) is 4.79 Å². The summed E-state index contributed by atoms with van der Waals surface area (Å²) < 4.78 is 5.69. The first kappa shape index (κ1) is 13.1. The third-order valence-corrected chi connectivity index (χ3v) is 2.78. The number of benzene rings is 2. The molecule has 0 aliphatic heterocycles. The molecular weight excluding hydrogens is 240 g/mol. The Hall–Kier alpha value is -2.33. The standard InChI is InChI=1S/C15H16N2O2/c1-11-5-4-7-13(9-11)19-10-12-6-2-3-8-14(12)15(18)17-16/h2-9H,10,16H2,1H3,(H,17,18). The minimum atomic E-state index is -0.316. The molecule has 2 aromatic carbocycles. The molecule has 4 nitrogen and oxygen atoms in total. The van der Waals surface area contributed by atoms with Crippen LogP contribution in [0.4, 0.5) is 0 Å². The van der Waals surface area contributed by atoms with Gasteiger partial charge in [0.2, 0.25) is 0 Å². The first-order valence-electron chi connectivity index (χ1n) is 5.99. The Balaban J connectivity index is 2.13. The highest BCUT2D eigenvalue weighted by Gasteiger charge is 2.09. The molecule has 1 amide bonds. The minimum Gasteiger partial charge on any atom is -0.489 e. The lowest BCUT2D eigenvalue weighted by molar-refractivity contribution is 0.0951. The van der Waals surface area contributed by atoms with Gasteiger partial charge in [0.1, 0.15) is 12.4 Å². The molecule has 0 unspecified atom stereocenters. The SMILES string of the molecule is Cc1cccc(OCc2ccccc2C(=O)NN)c1. The molecule has 0 radical (unpaired) electrons. The lowest BCUT2D eigenvalue weighted by atomic mass is 10.1. The van der Waals surface area contributed by atoms with Crippen molar-refractivity contribution in [2.45, 2.75) is 13.5 Å². The summed E-state index contributed by atoms with van der Waals surface area (Å²) in [5, 5.41) is 0. The number of nitrogen functional groups attached to an aromatic ring is 1. The molecule has 0 saturated carbocycles. The molecule has 0 saturated heterocycles. The van der Waals surface area contributed by atoms with Crippen molar-refractivity contribution in [1.82, 2.24) is 5.43 Å². The molecule has 2 rings (SSSR count). The van der Waals surface area contributed by atoms with Gasteiger partial charge < -0.3 is 4.74 Å². The van der Waals surface area contributed by atoms with Gasteiger partial charge in [-0.15, -0.1) is 0 Å². The number of nitrogens with two attached hydrogens (primary N) is 1. The third kappa shape index (κ3) is 3.33. The van der Waals surface area contributed by atoms with Gasteiger partial charge in [-0.1, -0.05) is 30.3 Å². The Morgan fingerprint density at radius 1 is 1.21 bits per heavy atom. The van der Waals surface area contributed by atoms with Gasteiger partial charge in [-0.25, -0.2) is 5.84 Å². The van der Waals surface area contributed by atoms with Crippen LogP contribution in [0, 0.1) is 6.92 Å². The van der Waals surface area contributed by atoms with E-state index in [-0.39, 0.29) is 5.91 Å². The zero-order valence-corrected chi connectivity index (χ0v) is 10.7. The van der Waals surface area contributed by atoms with Crippen LogP contribution < -0.4 is 16.0 Å². The van der Waals surface area contributed by atoms with E-state index in [0.717, 1.165) is 16.9 Å². The summed E-state index contributed by atoms with van der Waals surface area (Å²) in [5.41, 5.74) is 4.59. The molecule has 0 heterocycles. The number of amides is 1. The predicted molar refractivity (Wildman–Crippen MR) is 73.6 cm³/mol. The maximum Gasteiger partial charge on any atom is 0.265 e. The molecule has 2 aromatic rings. The van der Waals surface area contributed by atoms with E-state index in [1.54, 1.807) is 12.1 Å². The first-order chi connectivity index (χ1) is 9.20. The second-order valence-electron chi connectivity index (χ2n) is 4.24. The number of rotatable bonds is 4. The number of ether oxygens (including phenoxy) is 1. The summed E-state index contributed by atoms with van der Waals surface area (Å²) in [5.74, 6) is 5.62. The van der Waals surface area contributed by atoms with Gasteiger partial charge in [-0.05, 0) is 30.7 Å². The fourth-order valence-electron chi connectivity index (χ4n) is 1.81. The second-order valence-corrected chi connectivity index (χ2v) is 4.24. The fraction of sp³-hybridized carbons (Fsp3) is 0.133. The number of hydrazine groups is 1. The lowest BCUT2D eigenvalue weighted by Crippen LogP contribution is -2.30. The monoisotopic (exact) mass is 256 g/mol. The van der Waals surface area contributed by atoms with Gasteiger partial charge in [-0.3, -0.25) is 10.2 Å². The van der Waals surface area contributed by atoms with Crippen molar-refractivity contribution in [2.75, 3.05) is 0 Å². The minimum absolute atomic E-state index is 0.316. The average molecular weight is 256 g/mol. The van der Waals surface area contributed by atoms with Crippen LogP contribution >= 0.6 is 0 Å². The molecular formula is C15H16N2O2. The van der Waals surface area contributed by atoms with Crippen LogP contribution in [-0.4, -0.2) is 5.91 Å². The van der Waals surface area contributed by atoms with E-state index in [0.29, 0.717) is 12.2 Å². The van der Waals surface area contributed by atoms with Gasteiger partial charge >= 0.3 is 0 Å². The summed E-state index contributed by atoms with van der Waals surface area (Å²) in [4.78, 5) is 11.6. The summed E-state index contributed by atoms with van der Waals surface area (Å²) in [7, 11) is 0. The third-order valence-electron chi connectivity index (χ3n) is 2.78. The lowest BCUT2D eigenvalue weighted by Gasteiger charge is -2.10. The summed E-state index contributed by atoms with van der Waals surface area (Å²) >= 11 is 0. The van der Waals surface area contributed by atoms with Crippen LogP contribution in [0.3, 0.4) is 0 Å². The molecule has 0 aromatic heterocycles. The summed E-state index contributed by atoms with van der Waals surface area (Å²) in [6.07, 6.45) is 0. The number of carbonyl (C=O) groups is 1. The van der Waals surface area contributed by atoms with Crippen molar-refractivity contribution < 1.29 is 9.53 Å². The predicted octanol–water partition coefficient (Wildman–Crippen LogP) is 2.18. The van der Waals surface area contributed by atoms with Crippen molar-refractivity contribution >= 4 is 5.91 Å². The molecule has 0 aliphatic carbocycles. The molecule has 0 atom stereocenters. The number of nitrogens with one attached hydrogen (secondary N) is 1. The van der Waals surface area contributed by atoms with Crippen molar-refractivity contribution in [1.29, 1.82) is 0 Å². The van der Waals surface area contributed by atoms with Crippen molar-refractivity contribution in [3.05, 3.63) is 65.2 Å². The number of carbonyl (C=O) groups excluding carboxylic acids is 1. The van der Waals surface area contributed by atoms with Crippen molar-refractivity contribution in [3.63, 3.8) is 0 Å². The van der Waals surface area contributed by atoms with Crippen LogP contribution in [0.15, 0.2) is 48.5 Å². The molecule has 0 aliphatic rings. The Labute approximate surface area is 112 Å². The molecule has 19 heavy (non-hydrogen) atoms. The van der Waals surface area contributed by atoms with E-state index >= 15 is 0 Å². The van der Waals surface area contributed by atoms with Crippen molar-refractivity contribution in [2.24, 2.45) is 5.84 Å². The van der Waals surface area contributed by atoms with E-state index < -0.39 is 0 Å². The highest BCUT2D eigenvalue weighted by molar-refractivity contribution is 5.95. The van der Waals surface area contributed by atoms with Crippen LogP contribution in [0.25, 0.3) is 0 Å². The summed E-state index contributed by atoms with van der Waals surface area (Å²) in [6.45, 7) is 2.33. The quantitative estimate of drug-likeness (QED) is 0.500. The maximum absolute atomic E-state index is 11.6. The van der Waals surface area contributed by atoms with Gasteiger partial charge in [0.15, 0.2) is 0 Å². The highest BCUT2D eigenvalue weighted by Crippen LogP contribution is 2.16. The Morgan fingerprint density at radius 3 is 2.74 bits per heavy atom. The maximum atomic E-state index is 11.6. The van der Waals surface area contributed by atoms with Gasteiger partial charge in [-0.2, -0.15) is 0 Å². The second kappa shape index (κ2) is 6.02. The zero-order chi connectivity index (χ0) is 13.7. The largest absolute Gasteiger partial charge is 0.489 e. The first-order valence-corrected chi connectivity index (χ1v) is 5.99. The molecule has 0 spiro atoms. The topological polar surface area (TPSA) is 64.3 Å². The smallest absolute Gasteiger partial charge is 0.265 e. The summed E-state index contributed by atoms with van der Waals surface area (Å²) in [6, 6.07) is 15.0. The normalized spacial score (nSPS) is 10.0. The van der Waals surface area contributed by atoms with Gasteiger partial charge in [0.25, 0.3) is 5.91 Å². The molecule has 0 bridgehead atoms. The van der Waals surface area contributed by atoms with Crippen molar-refractivity contribution in [3.8, 4) is 5.75 Å². The molecule has 98 valence electrons. The molecule has 4 heteroatoms. The number of aryl methyl sites for hydroxylation is 1. The average Bonchev–Trinajstić information content (AvgIpc) is 2.45. The van der Waals surface area contributed by atoms with Crippen LogP contribution in [0.2, 0.25) is 0 Å². The molecule has 3 N–H and O–H groups in total. The van der Waals surface area contributed by atoms with Crippen LogP contribution in [-0.2, 0) is 6.61 Å². The number of hydrogen-bond acceptors (Lipinski definition) is 3. The highest BCUT2D eigenvalue weighted by atomic mass is 16.5. The zero-order valence-electron chi connectivity index (χ0n) is 10.7. The van der Waals surface area contributed by atoms with E-state index in [4.69, 9.17) is 10.6 Å². The Kier molecular flexibility index (Phi) is 4.15.